The van der Waals surface area contributed by atoms with Crippen molar-refractivity contribution in [1.82, 2.24) is 9.97 Å². The second kappa shape index (κ2) is 8.29. The van der Waals surface area contributed by atoms with Crippen molar-refractivity contribution >= 4 is 35.0 Å². The van der Waals surface area contributed by atoms with Gasteiger partial charge in [0.15, 0.2) is 23.3 Å². The molecule has 3 N–H and O–H groups in total. The van der Waals surface area contributed by atoms with E-state index in [0.717, 1.165) is 12.1 Å². The first-order chi connectivity index (χ1) is 15.1. The van der Waals surface area contributed by atoms with Crippen molar-refractivity contribution < 1.29 is 22.8 Å². The number of fused-ring (bicyclic) bond motifs is 1. The minimum Gasteiger partial charge on any atom is -0.351 e. The maximum absolute atomic E-state index is 13.4. The molecule has 2 heterocycles. The van der Waals surface area contributed by atoms with Gasteiger partial charge in [-0.15, -0.1) is 0 Å². The Morgan fingerprint density at radius 1 is 1.19 bits per heavy atom. The molecule has 0 radical (unpaired) electrons. The molecule has 0 saturated heterocycles. The smallest absolute Gasteiger partial charge is 0.246 e. The quantitative estimate of drug-likeness (QED) is 0.622. The Labute approximate surface area is 182 Å². The average molecular weight is 448 g/mol. The molecule has 0 bridgehead atoms. The van der Waals surface area contributed by atoms with E-state index in [2.05, 4.69) is 25.9 Å². The maximum Gasteiger partial charge on any atom is 0.246 e. The highest BCUT2D eigenvalue weighted by molar-refractivity contribution is 6.03. The Morgan fingerprint density at radius 2 is 1.88 bits per heavy atom. The zero-order valence-electron chi connectivity index (χ0n) is 17.8. The van der Waals surface area contributed by atoms with Crippen molar-refractivity contribution in [2.45, 2.75) is 45.2 Å². The van der Waals surface area contributed by atoms with Crippen LogP contribution in [0.4, 0.5) is 36.3 Å². The fourth-order valence-electron chi connectivity index (χ4n) is 4.02. The van der Waals surface area contributed by atoms with Crippen LogP contribution in [0.1, 0.15) is 31.9 Å². The molecule has 2 aromatic rings. The minimum atomic E-state index is -1.58. The predicted molar refractivity (Wildman–Crippen MR) is 113 cm³/mol. The van der Waals surface area contributed by atoms with Gasteiger partial charge in [-0.25, -0.2) is 18.2 Å². The molecule has 1 aromatic heterocycles. The summed E-state index contributed by atoms with van der Waals surface area (Å²) in [6, 6.07) is 1.05. The highest BCUT2D eigenvalue weighted by Gasteiger charge is 2.33. The van der Waals surface area contributed by atoms with E-state index in [9.17, 15) is 22.8 Å². The maximum atomic E-state index is 13.4. The topological polar surface area (TPSA) is 99.2 Å². The first-order valence-corrected chi connectivity index (χ1v) is 10.3. The highest BCUT2D eigenvalue weighted by atomic mass is 19.2. The number of likely N-dealkylation sites (N-methyl/N-ethyl adjacent to an activating group) is 1. The van der Waals surface area contributed by atoms with Gasteiger partial charge in [-0.3, -0.25) is 9.59 Å². The van der Waals surface area contributed by atoms with Crippen LogP contribution in [0.25, 0.3) is 0 Å². The van der Waals surface area contributed by atoms with Crippen molar-refractivity contribution in [1.29, 1.82) is 0 Å². The Hall–Kier alpha value is -3.37. The van der Waals surface area contributed by atoms with Crippen LogP contribution in [0.5, 0.6) is 0 Å². The number of carbonyl (C=O) groups is 2. The summed E-state index contributed by atoms with van der Waals surface area (Å²) in [5.74, 6) is -4.19. The molecule has 32 heavy (non-hydrogen) atoms. The molecule has 3 atom stereocenters. The van der Waals surface area contributed by atoms with Crippen LogP contribution in [0.2, 0.25) is 0 Å². The van der Waals surface area contributed by atoms with Crippen molar-refractivity contribution in [3.05, 3.63) is 35.3 Å². The van der Waals surface area contributed by atoms with E-state index < -0.39 is 23.4 Å². The lowest BCUT2D eigenvalue weighted by Crippen LogP contribution is -2.45. The second-order valence-corrected chi connectivity index (χ2v) is 8.20. The molecule has 2 aliphatic rings. The molecule has 0 unspecified atom stereocenters. The Morgan fingerprint density at radius 3 is 2.56 bits per heavy atom. The van der Waals surface area contributed by atoms with Gasteiger partial charge in [0, 0.05) is 36.8 Å². The lowest BCUT2D eigenvalue weighted by molar-refractivity contribution is -0.119. The van der Waals surface area contributed by atoms with Gasteiger partial charge in [-0.2, -0.15) is 4.98 Å². The Kier molecular flexibility index (Phi) is 5.66. The van der Waals surface area contributed by atoms with Crippen LogP contribution in [0.15, 0.2) is 12.1 Å². The van der Waals surface area contributed by atoms with Crippen LogP contribution in [-0.4, -0.2) is 40.9 Å². The number of aromatic nitrogens is 2. The summed E-state index contributed by atoms with van der Waals surface area (Å²) < 4.78 is 39.9. The number of benzene rings is 1. The lowest BCUT2D eigenvalue weighted by Gasteiger charge is -2.32. The number of rotatable bonds is 4. The van der Waals surface area contributed by atoms with E-state index >= 15 is 0 Å². The summed E-state index contributed by atoms with van der Waals surface area (Å²) in [5, 5.41) is 8.51. The largest absolute Gasteiger partial charge is 0.351 e. The third-order valence-electron chi connectivity index (χ3n) is 6.00. The second-order valence-electron chi connectivity index (χ2n) is 8.20. The predicted octanol–water partition coefficient (Wildman–Crippen LogP) is 3.20. The van der Waals surface area contributed by atoms with E-state index in [0.29, 0.717) is 42.4 Å². The minimum absolute atomic E-state index is 0.0780. The summed E-state index contributed by atoms with van der Waals surface area (Å²) >= 11 is 0. The fraction of sp³-hybridized carbons (Fsp3) is 0.429. The molecule has 2 amide bonds. The van der Waals surface area contributed by atoms with Crippen LogP contribution in [-0.2, 0) is 9.59 Å². The third-order valence-corrected chi connectivity index (χ3v) is 6.00. The van der Waals surface area contributed by atoms with Crippen LogP contribution in [0.3, 0.4) is 0 Å². The van der Waals surface area contributed by atoms with E-state index in [-0.39, 0.29) is 29.6 Å². The standard InChI is InChI=1S/C21H23F3N6O2/c1-9-17-18(30(3)10(2)19(31)28-17)29-21(25-9)27-12-5-4-11(6-12)20(32)26-13-7-14(22)16(24)15(23)8-13/h7-8,10-12H,4-6H2,1-3H3,(H,26,32)(H,28,31)(H,25,27,29)/t10-,11+,12+/m0/s1. The summed E-state index contributed by atoms with van der Waals surface area (Å²) in [5.41, 5.74) is 1.07. The van der Waals surface area contributed by atoms with E-state index in [4.69, 9.17) is 0 Å². The van der Waals surface area contributed by atoms with Crippen molar-refractivity contribution in [3.63, 3.8) is 0 Å². The molecule has 8 nitrogen and oxygen atoms in total. The van der Waals surface area contributed by atoms with Crippen LogP contribution in [0, 0.1) is 30.3 Å². The molecular weight excluding hydrogens is 425 g/mol. The molecule has 11 heteroatoms. The number of carbonyl (C=O) groups excluding carboxylic acids is 2. The summed E-state index contributed by atoms with van der Waals surface area (Å²) in [6.07, 6.45) is 1.71. The number of anilines is 4. The summed E-state index contributed by atoms with van der Waals surface area (Å²) in [7, 11) is 1.79. The monoisotopic (exact) mass is 448 g/mol. The number of halogens is 3. The van der Waals surface area contributed by atoms with Gasteiger partial charge in [0.05, 0.1) is 5.69 Å². The van der Waals surface area contributed by atoms with Gasteiger partial charge in [0.1, 0.15) is 11.7 Å². The van der Waals surface area contributed by atoms with Crippen molar-refractivity contribution in [2.75, 3.05) is 27.9 Å². The first-order valence-electron chi connectivity index (χ1n) is 10.3. The molecule has 1 saturated carbocycles. The van der Waals surface area contributed by atoms with Crippen LogP contribution < -0.4 is 20.9 Å². The molecule has 1 aromatic carbocycles. The fourth-order valence-corrected chi connectivity index (χ4v) is 4.02. The molecule has 4 rings (SSSR count). The molecule has 0 spiro atoms. The molecule has 1 aliphatic carbocycles. The normalized spacial score (nSPS) is 22.4. The molecule has 170 valence electrons. The molecule has 1 aliphatic heterocycles. The number of nitrogens with zero attached hydrogens (tertiary/aromatic N) is 3. The number of hydrogen-bond acceptors (Lipinski definition) is 6. The van der Waals surface area contributed by atoms with Crippen molar-refractivity contribution in [2.24, 2.45) is 5.92 Å². The highest BCUT2D eigenvalue weighted by Crippen LogP contribution is 2.34. The zero-order valence-corrected chi connectivity index (χ0v) is 17.8. The SMILES string of the molecule is Cc1nc(N[C@@H]2CC[C@@H](C(=O)Nc3cc(F)c(F)c(F)c3)C2)nc2c1NC(=O)[C@H](C)N2C. The third kappa shape index (κ3) is 4.06. The van der Waals surface area contributed by atoms with E-state index in [1.807, 2.05) is 0 Å². The Balaban J connectivity index is 1.42. The number of nitrogens with one attached hydrogen (secondary N) is 3. The number of amides is 2. The first kappa shape index (κ1) is 21.8. The van der Waals surface area contributed by atoms with E-state index in [1.165, 1.54) is 0 Å². The average Bonchev–Trinajstić information content (AvgIpc) is 3.20. The number of hydrogen-bond donors (Lipinski definition) is 3. The van der Waals surface area contributed by atoms with Crippen LogP contribution >= 0.6 is 0 Å². The van der Waals surface area contributed by atoms with E-state index in [1.54, 1.807) is 25.8 Å². The van der Waals surface area contributed by atoms with Gasteiger partial charge in [-0.1, -0.05) is 0 Å². The van der Waals surface area contributed by atoms with Gasteiger partial charge in [-0.05, 0) is 33.1 Å². The zero-order chi connectivity index (χ0) is 23.2. The van der Waals surface area contributed by atoms with Crippen molar-refractivity contribution in [3.8, 4) is 0 Å². The number of aryl methyl sites for hydroxylation is 1. The van der Waals surface area contributed by atoms with Gasteiger partial charge in [0.25, 0.3) is 0 Å². The summed E-state index contributed by atoms with van der Waals surface area (Å²) in [6.45, 7) is 3.56. The molecule has 1 fully saturated rings. The lowest BCUT2D eigenvalue weighted by atomic mass is 10.1. The summed E-state index contributed by atoms with van der Waals surface area (Å²) in [4.78, 5) is 35.3. The van der Waals surface area contributed by atoms with Gasteiger partial charge < -0.3 is 20.9 Å². The van der Waals surface area contributed by atoms with Gasteiger partial charge >= 0.3 is 0 Å². The molecular formula is C21H23F3N6O2. The Bertz CT molecular complexity index is 1070. The van der Waals surface area contributed by atoms with Gasteiger partial charge in [0.2, 0.25) is 17.8 Å².